The molecule has 0 aliphatic carbocycles. The third-order valence-electron chi connectivity index (χ3n) is 13.8. The summed E-state index contributed by atoms with van der Waals surface area (Å²) in [5.41, 5.74) is 19.8. The Morgan fingerprint density at radius 1 is 0.232 bits per heavy atom. The van der Waals surface area contributed by atoms with Gasteiger partial charge in [-0.25, -0.2) is 0 Å². The van der Waals surface area contributed by atoms with Crippen LogP contribution in [0.5, 0.6) is 0 Å². The van der Waals surface area contributed by atoms with E-state index in [0.29, 0.717) is 0 Å². The normalized spacial score (nSPS) is 11.5. The van der Waals surface area contributed by atoms with E-state index in [2.05, 4.69) is 287 Å². The van der Waals surface area contributed by atoms with Gasteiger partial charge in [-0.05, 0) is 118 Å². The molecule has 0 saturated carbocycles. The zero-order chi connectivity index (χ0) is 45.7. The summed E-state index contributed by atoms with van der Waals surface area (Å²) in [7, 11) is 0. The lowest BCUT2D eigenvalue weighted by atomic mass is 9.94. The topological polar surface area (TPSA) is 13.1 Å². The fourth-order valence-corrected chi connectivity index (χ4v) is 10.6. The van der Waals surface area contributed by atoms with Crippen LogP contribution in [0.1, 0.15) is 0 Å². The van der Waals surface area contributed by atoms with E-state index < -0.39 is 0 Å². The Labute approximate surface area is 401 Å². The van der Waals surface area contributed by atoms with Crippen molar-refractivity contribution in [2.24, 2.45) is 0 Å². The second-order valence-electron chi connectivity index (χ2n) is 17.7. The summed E-state index contributed by atoms with van der Waals surface area (Å²) in [5.74, 6) is 0. The molecule has 0 amide bonds. The molecule has 0 saturated heterocycles. The predicted octanol–water partition coefficient (Wildman–Crippen LogP) is 18.0. The number of benzene rings is 11. The fraction of sp³-hybridized carbons (Fsp3) is 0. The number of aromatic nitrogens is 2. The van der Waals surface area contributed by atoms with Crippen LogP contribution in [0, 0.1) is 0 Å². The van der Waals surface area contributed by atoms with Crippen LogP contribution in [-0.4, -0.2) is 9.13 Å². The highest BCUT2D eigenvalue weighted by molar-refractivity contribution is 6.10. The second kappa shape index (κ2) is 16.9. The van der Waals surface area contributed by atoms with Gasteiger partial charge in [0.05, 0.1) is 27.8 Å². The van der Waals surface area contributed by atoms with Crippen LogP contribution >= 0.6 is 0 Å². The van der Waals surface area contributed by atoms with Gasteiger partial charge in [0.1, 0.15) is 0 Å². The summed E-state index contributed by atoms with van der Waals surface area (Å²) in [6.45, 7) is 0. The van der Waals surface area contributed by atoms with Crippen molar-refractivity contribution in [3.05, 3.63) is 273 Å². The Bertz CT molecular complexity index is 3880. The largest absolute Gasteiger partial charge is 0.311 e. The number of nitrogens with zero attached hydrogens (tertiary/aromatic N) is 3. The minimum atomic E-state index is 1.08. The first-order valence-corrected chi connectivity index (χ1v) is 23.7. The highest BCUT2D eigenvalue weighted by atomic mass is 15.1. The summed E-state index contributed by atoms with van der Waals surface area (Å²) >= 11 is 0. The molecule has 0 unspecified atom stereocenters. The zero-order valence-electron chi connectivity index (χ0n) is 37.8. The van der Waals surface area contributed by atoms with Gasteiger partial charge >= 0.3 is 0 Å². The van der Waals surface area contributed by atoms with Crippen molar-refractivity contribution < 1.29 is 0 Å². The smallest absolute Gasteiger partial charge is 0.0541 e. The van der Waals surface area contributed by atoms with Gasteiger partial charge in [-0.15, -0.1) is 0 Å². The molecule has 0 spiro atoms. The lowest BCUT2D eigenvalue weighted by Gasteiger charge is -2.26. The van der Waals surface area contributed by atoms with E-state index in [-0.39, 0.29) is 0 Å². The molecule has 0 aliphatic rings. The highest BCUT2D eigenvalue weighted by Gasteiger charge is 2.19. The summed E-state index contributed by atoms with van der Waals surface area (Å²) in [5, 5.41) is 5.03. The Kier molecular flexibility index (Phi) is 9.84. The molecule has 0 radical (unpaired) electrons. The van der Waals surface area contributed by atoms with Gasteiger partial charge in [0, 0.05) is 49.9 Å². The van der Waals surface area contributed by atoms with Crippen LogP contribution in [0.15, 0.2) is 273 Å². The molecule has 0 bridgehead atoms. The van der Waals surface area contributed by atoms with Gasteiger partial charge in [0.15, 0.2) is 0 Å². The van der Waals surface area contributed by atoms with E-state index in [1.54, 1.807) is 0 Å². The first-order valence-electron chi connectivity index (χ1n) is 23.7. The number of hydrogen-bond acceptors (Lipinski definition) is 1. The van der Waals surface area contributed by atoms with Gasteiger partial charge in [-0.3, -0.25) is 0 Å². The lowest BCUT2D eigenvalue weighted by molar-refractivity contribution is 1.18. The molecule has 2 heterocycles. The fourth-order valence-electron chi connectivity index (χ4n) is 10.6. The highest BCUT2D eigenvalue weighted by Crippen LogP contribution is 2.42. The van der Waals surface area contributed by atoms with Crippen LogP contribution in [-0.2, 0) is 0 Å². The Morgan fingerprint density at radius 3 is 1.10 bits per heavy atom. The molecule has 3 heteroatoms. The molecule has 324 valence electrons. The SMILES string of the molecule is c1ccc(-c2ccccc2-c2ccc(N(c3ccc(-c4cccc(-n5c6ccccc6c6ccccc65)c4)cc3)c3ccc(-c4ccccc4-n4c5ccccc5c5ccccc54)cc3)cc2)cc1. The van der Waals surface area contributed by atoms with Crippen LogP contribution in [0.4, 0.5) is 17.1 Å². The summed E-state index contributed by atoms with van der Waals surface area (Å²) in [4.78, 5) is 2.37. The third-order valence-corrected chi connectivity index (χ3v) is 13.8. The molecule has 0 fully saturated rings. The molecule has 2 aromatic heterocycles. The van der Waals surface area contributed by atoms with E-state index in [1.807, 2.05) is 0 Å². The number of rotatable bonds is 9. The molecular formula is C66H45N3. The van der Waals surface area contributed by atoms with E-state index in [9.17, 15) is 0 Å². The van der Waals surface area contributed by atoms with Crippen molar-refractivity contribution >= 4 is 60.7 Å². The van der Waals surface area contributed by atoms with E-state index >= 15 is 0 Å². The molecule has 0 atom stereocenters. The summed E-state index contributed by atoms with van der Waals surface area (Å²) in [6.07, 6.45) is 0. The van der Waals surface area contributed by atoms with Gasteiger partial charge in [0.2, 0.25) is 0 Å². The van der Waals surface area contributed by atoms with Crippen LogP contribution in [0.3, 0.4) is 0 Å². The molecule has 0 N–H and O–H groups in total. The van der Waals surface area contributed by atoms with Gasteiger partial charge in [-0.1, -0.05) is 194 Å². The summed E-state index contributed by atoms with van der Waals surface area (Å²) in [6, 6.07) is 99.0. The van der Waals surface area contributed by atoms with Crippen molar-refractivity contribution in [1.29, 1.82) is 0 Å². The summed E-state index contributed by atoms with van der Waals surface area (Å²) < 4.78 is 4.80. The molecule has 3 nitrogen and oxygen atoms in total. The standard InChI is InChI=1S/C66H45N3/c1-2-17-47(18-3-1)55-21-4-5-22-56(55)48-35-41-52(42-36-48)67(51-39-33-46(34-40-51)50-19-16-20-54(45-50)68-63-29-12-7-24-58(63)59-25-8-13-30-64(59)68)53-43-37-49(38-44-53)57-23-6-11-28-62(57)69-65-31-14-9-26-60(65)61-27-10-15-32-66(61)69/h1-45H. The number of para-hydroxylation sites is 5. The quantitative estimate of drug-likeness (QED) is 0.141. The van der Waals surface area contributed by atoms with E-state index in [0.717, 1.165) is 39.6 Å². The monoisotopic (exact) mass is 879 g/mol. The minimum Gasteiger partial charge on any atom is -0.311 e. The molecular weight excluding hydrogens is 835 g/mol. The van der Waals surface area contributed by atoms with Gasteiger partial charge < -0.3 is 14.0 Å². The minimum absolute atomic E-state index is 1.08. The van der Waals surface area contributed by atoms with Gasteiger partial charge in [-0.2, -0.15) is 0 Å². The van der Waals surface area contributed by atoms with Crippen LogP contribution in [0.25, 0.3) is 99.5 Å². The number of fused-ring (bicyclic) bond motifs is 6. The van der Waals surface area contributed by atoms with Crippen molar-refractivity contribution in [1.82, 2.24) is 9.13 Å². The predicted molar refractivity (Wildman–Crippen MR) is 292 cm³/mol. The molecule has 13 rings (SSSR count). The number of anilines is 3. The van der Waals surface area contributed by atoms with Crippen molar-refractivity contribution in [2.45, 2.75) is 0 Å². The average molecular weight is 880 g/mol. The molecule has 13 aromatic rings. The molecule has 0 aliphatic heterocycles. The van der Waals surface area contributed by atoms with Crippen molar-refractivity contribution in [2.75, 3.05) is 4.90 Å². The van der Waals surface area contributed by atoms with Gasteiger partial charge in [0.25, 0.3) is 0 Å². The first kappa shape index (κ1) is 40.1. The van der Waals surface area contributed by atoms with E-state index in [1.165, 1.54) is 77.0 Å². The second-order valence-corrected chi connectivity index (χ2v) is 17.7. The first-order chi connectivity index (χ1) is 34.2. The maximum atomic E-state index is 2.41. The van der Waals surface area contributed by atoms with E-state index in [4.69, 9.17) is 0 Å². The Hall–Kier alpha value is -9.18. The Morgan fingerprint density at radius 2 is 0.594 bits per heavy atom. The number of hydrogen-bond donors (Lipinski definition) is 0. The van der Waals surface area contributed by atoms with Crippen molar-refractivity contribution in [3.8, 4) is 55.9 Å². The van der Waals surface area contributed by atoms with Crippen molar-refractivity contribution in [3.63, 3.8) is 0 Å². The Balaban J connectivity index is 0.895. The third kappa shape index (κ3) is 6.99. The van der Waals surface area contributed by atoms with Crippen LogP contribution in [0.2, 0.25) is 0 Å². The average Bonchev–Trinajstić information content (AvgIpc) is 3.95. The zero-order valence-corrected chi connectivity index (χ0v) is 37.8. The maximum Gasteiger partial charge on any atom is 0.0541 e. The molecule has 69 heavy (non-hydrogen) atoms. The van der Waals surface area contributed by atoms with Crippen LogP contribution < -0.4 is 4.90 Å². The molecule has 11 aromatic carbocycles. The lowest BCUT2D eigenvalue weighted by Crippen LogP contribution is -2.10. The maximum absolute atomic E-state index is 2.41.